The molecule has 1 fully saturated rings. The van der Waals surface area contributed by atoms with Crippen LogP contribution in [0.1, 0.15) is 47.0 Å². The summed E-state index contributed by atoms with van der Waals surface area (Å²) in [5.74, 6) is 1.37. The first-order chi connectivity index (χ1) is 6.95. The summed E-state index contributed by atoms with van der Waals surface area (Å²) in [6.45, 7) is 11.5. The van der Waals surface area contributed by atoms with Crippen LogP contribution < -0.4 is 0 Å². The Morgan fingerprint density at radius 1 is 1.47 bits per heavy atom. The average Bonchev–Trinajstić information content (AvgIpc) is 2.37. The van der Waals surface area contributed by atoms with E-state index in [0.29, 0.717) is 11.5 Å². The van der Waals surface area contributed by atoms with E-state index in [1.165, 1.54) is 19.4 Å². The number of hydrogen-bond acceptors (Lipinski definition) is 2. The molecular weight excluding hydrogens is 184 g/mol. The largest absolute Gasteiger partial charge is 0.298 e. The predicted molar refractivity (Wildman–Crippen MR) is 63.4 cm³/mol. The van der Waals surface area contributed by atoms with Crippen LogP contribution in [-0.4, -0.2) is 23.5 Å². The van der Waals surface area contributed by atoms with E-state index in [2.05, 4.69) is 38.7 Å². The van der Waals surface area contributed by atoms with Gasteiger partial charge in [0.25, 0.3) is 0 Å². The number of rotatable bonds is 4. The highest BCUT2D eigenvalue weighted by molar-refractivity contribution is 4.95. The van der Waals surface area contributed by atoms with Crippen molar-refractivity contribution < 1.29 is 0 Å². The molecule has 2 nitrogen and oxygen atoms in total. The molecule has 1 atom stereocenters. The summed E-state index contributed by atoms with van der Waals surface area (Å²) >= 11 is 0. The fraction of sp³-hybridized carbons (Fsp3) is 0.923. The molecule has 1 aliphatic rings. The van der Waals surface area contributed by atoms with Crippen molar-refractivity contribution in [3.8, 4) is 6.07 Å². The van der Waals surface area contributed by atoms with E-state index in [1.807, 2.05) is 0 Å². The monoisotopic (exact) mass is 208 g/mol. The maximum absolute atomic E-state index is 8.73. The zero-order valence-electron chi connectivity index (χ0n) is 10.6. The van der Waals surface area contributed by atoms with Gasteiger partial charge in [0.15, 0.2) is 0 Å². The summed E-state index contributed by atoms with van der Waals surface area (Å²) in [7, 11) is 0. The highest BCUT2D eigenvalue weighted by Gasteiger charge is 2.37. The molecule has 1 saturated heterocycles. The van der Waals surface area contributed by atoms with E-state index < -0.39 is 0 Å². The van der Waals surface area contributed by atoms with Gasteiger partial charge in [-0.15, -0.1) is 0 Å². The maximum atomic E-state index is 8.73. The lowest BCUT2D eigenvalue weighted by Crippen LogP contribution is -2.39. The van der Waals surface area contributed by atoms with Crippen molar-refractivity contribution in [3.05, 3.63) is 0 Å². The van der Waals surface area contributed by atoms with E-state index >= 15 is 0 Å². The van der Waals surface area contributed by atoms with Gasteiger partial charge in [-0.25, -0.2) is 0 Å². The Balaban J connectivity index is 2.47. The highest BCUT2D eigenvalue weighted by atomic mass is 15.2. The van der Waals surface area contributed by atoms with Gasteiger partial charge < -0.3 is 0 Å². The van der Waals surface area contributed by atoms with E-state index in [0.717, 1.165) is 18.9 Å². The second kappa shape index (κ2) is 4.99. The van der Waals surface area contributed by atoms with Gasteiger partial charge in [0.05, 0.1) is 6.07 Å². The molecule has 0 radical (unpaired) electrons. The quantitative estimate of drug-likeness (QED) is 0.710. The Bertz CT molecular complexity index is 237. The molecule has 15 heavy (non-hydrogen) atoms. The van der Waals surface area contributed by atoms with Crippen molar-refractivity contribution in [1.29, 1.82) is 5.26 Å². The van der Waals surface area contributed by atoms with Crippen molar-refractivity contribution in [3.63, 3.8) is 0 Å². The van der Waals surface area contributed by atoms with Gasteiger partial charge >= 0.3 is 0 Å². The summed E-state index contributed by atoms with van der Waals surface area (Å²) in [6.07, 6.45) is 3.17. The molecule has 1 rings (SSSR count). The third-order valence-electron chi connectivity index (χ3n) is 3.48. The van der Waals surface area contributed by atoms with Gasteiger partial charge in [-0.1, -0.05) is 13.8 Å². The molecule has 0 amide bonds. The van der Waals surface area contributed by atoms with Crippen molar-refractivity contribution in [2.75, 3.05) is 13.1 Å². The second-order valence-corrected chi connectivity index (χ2v) is 5.87. The van der Waals surface area contributed by atoms with Gasteiger partial charge in [-0.3, -0.25) is 4.90 Å². The smallest absolute Gasteiger partial charge is 0.0625 e. The summed E-state index contributed by atoms with van der Waals surface area (Å²) in [6, 6.07) is 2.31. The molecule has 0 aromatic carbocycles. The van der Waals surface area contributed by atoms with Crippen LogP contribution in [0.25, 0.3) is 0 Å². The van der Waals surface area contributed by atoms with Gasteiger partial charge in [0.2, 0.25) is 0 Å². The minimum absolute atomic E-state index is 0.302. The molecule has 1 aliphatic heterocycles. The molecule has 1 heterocycles. The van der Waals surface area contributed by atoms with E-state index in [-0.39, 0.29) is 0 Å². The van der Waals surface area contributed by atoms with Crippen molar-refractivity contribution in [1.82, 2.24) is 4.90 Å². The normalized spacial score (nSPS) is 25.7. The number of nitriles is 1. The van der Waals surface area contributed by atoms with Crippen molar-refractivity contribution in [2.24, 2.45) is 11.8 Å². The first-order valence-electron chi connectivity index (χ1n) is 6.07. The Labute approximate surface area is 94.3 Å². The molecule has 0 spiro atoms. The Morgan fingerprint density at radius 2 is 2.13 bits per heavy atom. The molecule has 0 aromatic rings. The average molecular weight is 208 g/mol. The minimum atomic E-state index is 0.302. The van der Waals surface area contributed by atoms with Gasteiger partial charge in [-0.2, -0.15) is 5.26 Å². The summed E-state index contributed by atoms with van der Waals surface area (Å²) in [4.78, 5) is 2.56. The van der Waals surface area contributed by atoms with Gasteiger partial charge in [0.1, 0.15) is 0 Å². The Morgan fingerprint density at radius 3 is 2.67 bits per heavy atom. The van der Waals surface area contributed by atoms with Crippen molar-refractivity contribution >= 4 is 0 Å². The van der Waals surface area contributed by atoms with Crippen LogP contribution in [0, 0.1) is 23.2 Å². The topological polar surface area (TPSA) is 27.0 Å². The second-order valence-electron chi connectivity index (χ2n) is 5.87. The third kappa shape index (κ3) is 3.50. The van der Waals surface area contributed by atoms with E-state index in [9.17, 15) is 0 Å². The molecule has 0 aliphatic carbocycles. The third-order valence-corrected chi connectivity index (χ3v) is 3.48. The lowest BCUT2D eigenvalue weighted by atomic mass is 9.94. The summed E-state index contributed by atoms with van der Waals surface area (Å²) < 4.78 is 0. The van der Waals surface area contributed by atoms with Gasteiger partial charge in [-0.05, 0) is 45.1 Å². The van der Waals surface area contributed by atoms with E-state index in [1.54, 1.807) is 0 Å². The van der Waals surface area contributed by atoms with Crippen LogP contribution in [0.5, 0.6) is 0 Å². The van der Waals surface area contributed by atoms with Crippen LogP contribution in [-0.2, 0) is 0 Å². The summed E-state index contributed by atoms with van der Waals surface area (Å²) in [5.41, 5.74) is 0.302. The predicted octanol–water partition coefficient (Wildman–Crippen LogP) is 3.05. The molecule has 2 heteroatoms. The lowest BCUT2D eigenvalue weighted by molar-refractivity contribution is 0.166. The molecule has 86 valence electrons. The summed E-state index contributed by atoms with van der Waals surface area (Å²) in [5, 5.41) is 8.73. The molecule has 0 saturated carbocycles. The first-order valence-corrected chi connectivity index (χ1v) is 6.07. The standard InChI is InChI=1S/C13H24N2/c1-11(2)6-8-15-10-12(5-7-14)9-13(15,3)4/h11-12H,5-6,8-10H2,1-4H3. The SMILES string of the molecule is CC(C)CCN1CC(CC#N)CC1(C)C. The molecule has 0 bridgehead atoms. The fourth-order valence-corrected chi connectivity index (χ4v) is 2.53. The maximum Gasteiger partial charge on any atom is 0.0625 e. The zero-order valence-corrected chi connectivity index (χ0v) is 10.6. The Kier molecular flexibility index (Phi) is 4.16. The van der Waals surface area contributed by atoms with Crippen LogP contribution in [0.3, 0.4) is 0 Å². The minimum Gasteiger partial charge on any atom is -0.298 e. The lowest BCUT2D eigenvalue weighted by Gasteiger charge is -2.31. The molecule has 1 unspecified atom stereocenters. The van der Waals surface area contributed by atoms with Crippen LogP contribution in [0.4, 0.5) is 0 Å². The first kappa shape index (κ1) is 12.5. The fourth-order valence-electron chi connectivity index (χ4n) is 2.53. The molecule has 0 N–H and O–H groups in total. The van der Waals surface area contributed by atoms with Crippen LogP contribution >= 0.6 is 0 Å². The highest BCUT2D eigenvalue weighted by Crippen LogP contribution is 2.34. The van der Waals surface area contributed by atoms with Gasteiger partial charge in [0, 0.05) is 18.5 Å². The number of hydrogen-bond donors (Lipinski definition) is 0. The molecular formula is C13H24N2. The Hall–Kier alpha value is -0.550. The number of nitrogens with zero attached hydrogens (tertiary/aromatic N) is 2. The number of likely N-dealkylation sites (tertiary alicyclic amines) is 1. The van der Waals surface area contributed by atoms with Crippen LogP contribution in [0.2, 0.25) is 0 Å². The molecule has 0 aromatic heterocycles. The van der Waals surface area contributed by atoms with E-state index in [4.69, 9.17) is 5.26 Å². The van der Waals surface area contributed by atoms with Crippen LogP contribution in [0.15, 0.2) is 0 Å². The zero-order chi connectivity index (χ0) is 11.5. The van der Waals surface area contributed by atoms with Crippen molar-refractivity contribution in [2.45, 2.75) is 52.5 Å².